The van der Waals surface area contributed by atoms with Gasteiger partial charge in [0, 0.05) is 23.6 Å². The number of hydrogen-bond donors (Lipinski definition) is 2. The molecule has 0 spiro atoms. The first-order chi connectivity index (χ1) is 12.0. The molecule has 1 heterocycles. The van der Waals surface area contributed by atoms with Gasteiger partial charge in [0.25, 0.3) is 5.91 Å². The molecule has 6 nitrogen and oxygen atoms in total. The Morgan fingerprint density at radius 1 is 1.28 bits per heavy atom. The van der Waals surface area contributed by atoms with Crippen LogP contribution in [0, 0.1) is 0 Å². The molecule has 0 atom stereocenters. The van der Waals surface area contributed by atoms with E-state index < -0.39 is 5.63 Å². The van der Waals surface area contributed by atoms with Gasteiger partial charge in [-0.3, -0.25) is 4.79 Å². The van der Waals surface area contributed by atoms with Crippen molar-refractivity contribution in [1.29, 1.82) is 0 Å². The molecule has 1 aliphatic rings. The summed E-state index contributed by atoms with van der Waals surface area (Å²) < 4.78 is 10.8. The van der Waals surface area contributed by atoms with E-state index in [0.717, 1.165) is 43.1 Å². The van der Waals surface area contributed by atoms with Crippen molar-refractivity contribution in [2.75, 3.05) is 6.61 Å². The second-order valence-corrected chi connectivity index (χ2v) is 6.46. The van der Waals surface area contributed by atoms with Crippen LogP contribution in [0.15, 0.2) is 33.5 Å². The molecule has 1 aliphatic carbocycles. The van der Waals surface area contributed by atoms with Gasteiger partial charge in [-0.1, -0.05) is 6.92 Å². The highest BCUT2D eigenvalue weighted by Crippen LogP contribution is 2.23. The molecule has 3 rings (SSSR count). The van der Waals surface area contributed by atoms with Crippen molar-refractivity contribution in [1.82, 2.24) is 5.32 Å². The fraction of sp³-hybridized carbons (Fsp3) is 0.474. The van der Waals surface area contributed by atoms with Crippen LogP contribution in [0.3, 0.4) is 0 Å². The summed E-state index contributed by atoms with van der Waals surface area (Å²) in [5, 5.41) is 13.3. The van der Waals surface area contributed by atoms with Gasteiger partial charge in [0.05, 0.1) is 6.10 Å². The zero-order valence-electron chi connectivity index (χ0n) is 14.3. The predicted molar refractivity (Wildman–Crippen MR) is 93.8 cm³/mol. The molecule has 25 heavy (non-hydrogen) atoms. The Kier molecular flexibility index (Phi) is 5.38. The van der Waals surface area contributed by atoms with Crippen LogP contribution in [0.2, 0.25) is 0 Å². The minimum Gasteiger partial charge on any atom is -0.484 e. The Morgan fingerprint density at radius 2 is 2.04 bits per heavy atom. The van der Waals surface area contributed by atoms with Gasteiger partial charge in [-0.2, -0.15) is 0 Å². The molecule has 1 aromatic carbocycles. The number of benzene rings is 1. The van der Waals surface area contributed by atoms with Gasteiger partial charge in [0.2, 0.25) is 0 Å². The number of nitrogens with one attached hydrogen (secondary N) is 1. The third-order valence-electron chi connectivity index (χ3n) is 4.61. The molecule has 0 saturated heterocycles. The van der Waals surface area contributed by atoms with Gasteiger partial charge in [-0.15, -0.1) is 0 Å². The van der Waals surface area contributed by atoms with E-state index in [4.69, 9.17) is 9.15 Å². The van der Waals surface area contributed by atoms with Gasteiger partial charge in [0.1, 0.15) is 11.3 Å². The molecule has 1 aromatic heterocycles. The number of hydrogen-bond acceptors (Lipinski definition) is 5. The zero-order chi connectivity index (χ0) is 17.8. The van der Waals surface area contributed by atoms with Gasteiger partial charge < -0.3 is 19.6 Å². The van der Waals surface area contributed by atoms with E-state index in [2.05, 4.69) is 5.32 Å². The highest BCUT2D eigenvalue weighted by atomic mass is 16.5. The molecule has 1 saturated carbocycles. The number of carbonyl (C=O) groups excluding carboxylic acids is 1. The molecule has 0 unspecified atom stereocenters. The van der Waals surface area contributed by atoms with E-state index in [-0.39, 0.29) is 24.7 Å². The van der Waals surface area contributed by atoms with Gasteiger partial charge in [0.15, 0.2) is 6.61 Å². The first-order valence-corrected chi connectivity index (χ1v) is 8.72. The number of carbonyl (C=O) groups is 1. The molecular weight excluding hydrogens is 322 g/mol. The van der Waals surface area contributed by atoms with Crippen LogP contribution >= 0.6 is 0 Å². The molecule has 6 heteroatoms. The Bertz CT molecular complexity index is 805. The molecular formula is C19H23NO5. The van der Waals surface area contributed by atoms with E-state index in [1.807, 2.05) is 13.0 Å². The second kappa shape index (κ2) is 7.70. The number of amides is 1. The van der Waals surface area contributed by atoms with E-state index >= 15 is 0 Å². The maximum absolute atomic E-state index is 12.0. The fourth-order valence-corrected chi connectivity index (χ4v) is 3.23. The molecule has 134 valence electrons. The lowest BCUT2D eigenvalue weighted by Gasteiger charge is -2.26. The van der Waals surface area contributed by atoms with Gasteiger partial charge >= 0.3 is 5.63 Å². The van der Waals surface area contributed by atoms with E-state index in [1.54, 1.807) is 12.1 Å². The fourth-order valence-electron chi connectivity index (χ4n) is 3.23. The summed E-state index contributed by atoms with van der Waals surface area (Å²) in [6.45, 7) is 1.88. The Balaban J connectivity index is 1.61. The average molecular weight is 345 g/mol. The summed E-state index contributed by atoms with van der Waals surface area (Å²) in [6.07, 6.45) is 3.50. The normalized spacial score (nSPS) is 20.4. The van der Waals surface area contributed by atoms with Crippen LogP contribution in [0.4, 0.5) is 0 Å². The first-order valence-electron chi connectivity index (χ1n) is 8.72. The number of aliphatic hydroxyl groups is 1. The molecule has 0 bridgehead atoms. The minimum atomic E-state index is -0.390. The van der Waals surface area contributed by atoms with Crippen molar-refractivity contribution in [2.24, 2.45) is 0 Å². The maximum Gasteiger partial charge on any atom is 0.336 e. The number of ether oxygens (including phenoxy) is 1. The van der Waals surface area contributed by atoms with Crippen molar-refractivity contribution in [3.05, 3.63) is 40.2 Å². The molecule has 0 aliphatic heterocycles. The SMILES string of the molecule is CCc1cc(=O)oc2cc(OCC(=O)NC3CCC(O)CC3)ccc12. The van der Waals surface area contributed by atoms with Gasteiger partial charge in [-0.05, 0) is 49.8 Å². The number of fused-ring (bicyclic) bond motifs is 1. The van der Waals surface area contributed by atoms with Gasteiger partial charge in [-0.25, -0.2) is 4.79 Å². The highest BCUT2D eigenvalue weighted by Gasteiger charge is 2.20. The number of rotatable bonds is 5. The summed E-state index contributed by atoms with van der Waals surface area (Å²) in [4.78, 5) is 23.6. The lowest BCUT2D eigenvalue weighted by atomic mass is 9.93. The van der Waals surface area contributed by atoms with E-state index in [9.17, 15) is 14.7 Å². The monoisotopic (exact) mass is 345 g/mol. The predicted octanol–water partition coefficient (Wildman–Crippen LogP) is 2.15. The van der Waals surface area contributed by atoms with Crippen molar-refractivity contribution in [2.45, 2.75) is 51.2 Å². The van der Waals surface area contributed by atoms with Crippen LogP contribution < -0.4 is 15.7 Å². The molecule has 1 fully saturated rings. The third-order valence-corrected chi connectivity index (χ3v) is 4.61. The smallest absolute Gasteiger partial charge is 0.336 e. The standard InChI is InChI=1S/C19H23NO5/c1-2-12-9-19(23)25-17-10-15(7-8-16(12)17)24-11-18(22)20-13-3-5-14(21)6-4-13/h7-10,13-14,21H,2-6,11H2,1H3,(H,20,22). The summed E-state index contributed by atoms with van der Waals surface area (Å²) in [7, 11) is 0. The lowest BCUT2D eigenvalue weighted by molar-refractivity contribution is -0.124. The Morgan fingerprint density at radius 3 is 2.76 bits per heavy atom. The first kappa shape index (κ1) is 17.5. The van der Waals surface area contributed by atoms with Crippen LogP contribution in [0.5, 0.6) is 5.75 Å². The maximum atomic E-state index is 12.0. The van der Waals surface area contributed by atoms with Crippen molar-refractivity contribution in [3.8, 4) is 5.75 Å². The highest BCUT2D eigenvalue weighted by molar-refractivity contribution is 5.82. The van der Waals surface area contributed by atoms with Crippen molar-refractivity contribution >= 4 is 16.9 Å². The summed E-state index contributed by atoms with van der Waals surface area (Å²) >= 11 is 0. The van der Waals surface area contributed by atoms with E-state index in [1.165, 1.54) is 6.07 Å². The quantitative estimate of drug-likeness (QED) is 0.811. The molecule has 1 amide bonds. The molecule has 2 N–H and O–H groups in total. The van der Waals surface area contributed by atoms with Crippen molar-refractivity contribution < 1.29 is 19.1 Å². The lowest BCUT2D eigenvalue weighted by Crippen LogP contribution is -2.40. The molecule has 0 radical (unpaired) electrons. The molecule has 2 aromatic rings. The van der Waals surface area contributed by atoms with Crippen LogP contribution in [-0.4, -0.2) is 29.8 Å². The van der Waals surface area contributed by atoms with Crippen LogP contribution in [-0.2, 0) is 11.2 Å². The van der Waals surface area contributed by atoms with Crippen molar-refractivity contribution in [3.63, 3.8) is 0 Å². The van der Waals surface area contributed by atoms with E-state index in [0.29, 0.717) is 11.3 Å². The topological polar surface area (TPSA) is 88.8 Å². The second-order valence-electron chi connectivity index (χ2n) is 6.46. The Labute approximate surface area is 145 Å². The Hall–Kier alpha value is -2.34. The summed E-state index contributed by atoms with van der Waals surface area (Å²) in [6, 6.07) is 6.84. The largest absolute Gasteiger partial charge is 0.484 e. The minimum absolute atomic E-state index is 0.0950. The van der Waals surface area contributed by atoms with Crippen LogP contribution in [0.25, 0.3) is 11.0 Å². The third kappa shape index (κ3) is 4.39. The average Bonchev–Trinajstić information content (AvgIpc) is 2.60. The van der Waals surface area contributed by atoms with Crippen LogP contribution in [0.1, 0.15) is 38.2 Å². The summed E-state index contributed by atoms with van der Waals surface area (Å²) in [5.74, 6) is 0.295. The number of aliphatic hydroxyl groups excluding tert-OH is 1. The summed E-state index contributed by atoms with van der Waals surface area (Å²) in [5.41, 5.74) is 0.997. The number of aryl methyl sites for hydroxylation is 1. The zero-order valence-corrected chi connectivity index (χ0v) is 14.3.